The van der Waals surface area contributed by atoms with E-state index in [0.29, 0.717) is 0 Å². The predicted octanol–water partition coefficient (Wildman–Crippen LogP) is 0.754. The van der Waals surface area contributed by atoms with Crippen LogP contribution in [0, 0.1) is 5.92 Å². The van der Waals surface area contributed by atoms with Crippen molar-refractivity contribution in [2.45, 2.75) is 6.61 Å². The molecule has 1 aliphatic rings. The Morgan fingerprint density at radius 1 is 1.27 bits per heavy atom. The molecule has 1 aromatic carbocycles. The highest BCUT2D eigenvalue weighted by molar-refractivity contribution is 7.91. The number of hydrogen-bond acceptors (Lipinski definition) is 5. The maximum absolute atomic E-state index is 12.0. The molecule has 0 bridgehead atoms. The minimum Gasteiger partial charge on any atom is -0.481 e. The Kier molecular flexibility index (Phi) is 5.02. The third-order valence-corrected chi connectivity index (χ3v) is 5.10. The quantitative estimate of drug-likeness (QED) is 0.879. The number of carbonyl (C=O) groups excluding carboxylic acids is 1. The van der Waals surface area contributed by atoms with E-state index in [9.17, 15) is 18.0 Å². The molecular formula is C14H17NO6S. The average molecular weight is 327 g/mol. The number of carbonyl (C=O) groups is 2. The number of benzene rings is 1. The van der Waals surface area contributed by atoms with Gasteiger partial charge in [-0.25, -0.2) is 13.2 Å². The Balaban J connectivity index is 2.00. The van der Waals surface area contributed by atoms with E-state index in [1.54, 1.807) is 12.1 Å². The largest absolute Gasteiger partial charge is 0.481 e. The van der Waals surface area contributed by atoms with Crippen LogP contribution >= 0.6 is 0 Å². The number of amides is 1. The molecule has 1 heterocycles. The van der Waals surface area contributed by atoms with Gasteiger partial charge in [-0.05, 0) is 5.56 Å². The van der Waals surface area contributed by atoms with Crippen LogP contribution < -0.4 is 0 Å². The Morgan fingerprint density at radius 2 is 1.95 bits per heavy atom. The van der Waals surface area contributed by atoms with E-state index >= 15 is 0 Å². The number of ether oxygens (including phenoxy) is 1. The van der Waals surface area contributed by atoms with Crippen LogP contribution in [0.15, 0.2) is 30.3 Å². The zero-order valence-corrected chi connectivity index (χ0v) is 12.7. The summed E-state index contributed by atoms with van der Waals surface area (Å²) in [5.74, 6) is -3.06. The van der Waals surface area contributed by atoms with Crippen LogP contribution in [-0.2, 0) is 26.0 Å². The third kappa shape index (κ3) is 4.45. The zero-order chi connectivity index (χ0) is 16.2. The summed E-state index contributed by atoms with van der Waals surface area (Å²) in [4.78, 5) is 24.3. The summed E-state index contributed by atoms with van der Waals surface area (Å²) in [5, 5.41) is 9.06. The van der Waals surface area contributed by atoms with Gasteiger partial charge in [0.25, 0.3) is 0 Å². The molecule has 1 N–H and O–H groups in total. The Bertz CT molecular complexity index is 643. The van der Waals surface area contributed by atoms with E-state index < -0.39 is 33.6 Å². The molecule has 1 unspecified atom stereocenters. The van der Waals surface area contributed by atoms with Crippen molar-refractivity contribution in [2.24, 2.45) is 5.92 Å². The van der Waals surface area contributed by atoms with Gasteiger partial charge in [-0.2, -0.15) is 0 Å². The number of rotatable bonds is 3. The normalized spacial score (nSPS) is 20.9. The Labute approximate surface area is 128 Å². The van der Waals surface area contributed by atoms with Gasteiger partial charge in [0.05, 0.1) is 17.4 Å². The number of nitrogens with zero attached hydrogens (tertiary/aromatic N) is 1. The lowest BCUT2D eigenvalue weighted by atomic mass is 10.2. The molecule has 0 spiro atoms. The van der Waals surface area contributed by atoms with Crippen molar-refractivity contribution in [3.8, 4) is 0 Å². The van der Waals surface area contributed by atoms with E-state index in [-0.39, 0.29) is 25.4 Å². The molecule has 1 aromatic rings. The van der Waals surface area contributed by atoms with Crippen molar-refractivity contribution in [2.75, 3.05) is 24.6 Å². The first-order chi connectivity index (χ1) is 10.4. The first-order valence-electron chi connectivity index (χ1n) is 6.76. The molecule has 1 saturated heterocycles. The molecule has 22 heavy (non-hydrogen) atoms. The fraction of sp³-hybridized carbons (Fsp3) is 0.429. The van der Waals surface area contributed by atoms with E-state index in [1.165, 1.54) is 0 Å². The summed E-state index contributed by atoms with van der Waals surface area (Å²) >= 11 is 0. The molecule has 2 rings (SSSR count). The van der Waals surface area contributed by atoms with Crippen LogP contribution in [0.5, 0.6) is 0 Å². The van der Waals surface area contributed by atoms with Gasteiger partial charge in [0.2, 0.25) is 0 Å². The molecule has 0 aliphatic carbocycles. The Morgan fingerprint density at radius 3 is 2.59 bits per heavy atom. The second-order valence-electron chi connectivity index (χ2n) is 5.14. The summed E-state index contributed by atoms with van der Waals surface area (Å²) in [6, 6.07) is 9.03. The summed E-state index contributed by atoms with van der Waals surface area (Å²) in [6.45, 7) is -0.164. The molecule has 1 amide bonds. The molecule has 0 radical (unpaired) electrons. The van der Waals surface area contributed by atoms with Crippen molar-refractivity contribution >= 4 is 21.9 Å². The van der Waals surface area contributed by atoms with Crippen molar-refractivity contribution in [3.05, 3.63) is 35.9 Å². The molecule has 8 heteroatoms. The highest BCUT2D eigenvalue weighted by atomic mass is 32.2. The van der Waals surface area contributed by atoms with Crippen LogP contribution in [0.1, 0.15) is 5.56 Å². The fourth-order valence-corrected chi connectivity index (χ4v) is 3.70. The molecule has 7 nitrogen and oxygen atoms in total. The number of sulfone groups is 1. The van der Waals surface area contributed by atoms with E-state index in [0.717, 1.165) is 10.5 Å². The van der Waals surface area contributed by atoms with Gasteiger partial charge in [-0.3, -0.25) is 4.79 Å². The molecule has 1 fully saturated rings. The lowest BCUT2D eigenvalue weighted by Gasteiger charge is -2.21. The van der Waals surface area contributed by atoms with Crippen LogP contribution in [-0.4, -0.2) is 55.1 Å². The first-order valence-corrected chi connectivity index (χ1v) is 8.58. The third-order valence-electron chi connectivity index (χ3n) is 3.38. The van der Waals surface area contributed by atoms with Gasteiger partial charge in [0, 0.05) is 13.1 Å². The molecule has 0 saturated carbocycles. The van der Waals surface area contributed by atoms with Crippen LogP contribution in [0.3, 0.4) is 0 Å². The molecule has 0 aromatic heterocycles. The minimum absolute atomic E-state index is 0.0558. The highest BCUT2D eigenvalue weighted by Crippen LogP contribution is 2.14. The van der Waals surface area contributed by atoms with Gasteiger partial charge in [0.15, 0.2) is 9.84 Å². The highest BCUT2D eigenvalue weighted by Gasteiger charge is 2.33. The predicted molar refractivity (Wildman–Crippen MR) is 78.0 cm³/mol. The molecule has 1 atom stereocenters. The lowest BCUT2D eigenvalue weighted by Crippen LogP contribution is -2.38. The molecular weight excluding hydrogens is 310 g/mol. The van der Waals surface area contributed by atoms with Crippen LogP contribution in [0.2, 0.25) is 0 Å². The monoisotopic (exact) mass is 327 g/mol. The van der Waals surface area contributed by atoms with Gasteiger partial charge in [-0.1, -0.05) is 30.3 Å². The van der Waals surface area contributed by atoms with Crippen molar-refractivity contribution < 1.29 is 27.9 Å². The Hall–Kier alpha value is -2.09. The van der Waals surface area contributed by atoms with E-state index in [4.69, 9.17) is 9.84 Å². The number of carboxylic acid groups (broad SMARTS) is 1. The topological polar surface area (TPSA) is 101 Å². The second kappa shape index (κ2) is 6.78. The summed E-state index contributed by atoms with van der Waals surface area (Å²) in [5.41, 5.74) is 0.799. The zero-order valence-electron chi connectivity index (χ0n) is 11.8. The summed E-state index contributed by atoms with van der Waals surface area (Å²) in [7, 11) is -3.48. The van der Waals surface area contributed by atoms with E-state index in [2.05, 4.69) is 0 Å². The van der Waals surface area contributed by atoms with Crippen LogP contribution in [0.4, 0.5) is 4.79 Å². The number of aliphatic carboxylic acids is 1. The first kappa shape index (κ1) is 16.3. The summed E-state index contributed by atoms with van der Waals surface area (Å²) in [6.07, 6.45) is -0.702. The number of carboxylic acids is 1. The molecule has 1 aliphatic heterocycles. The fourth-order valence-electron chi connectivity index (χ4n) is 2.17. The maximum atomic E-state index is 12.0. The number of hydrogen-bond donors (Lipinski definition) is 1. The van der Waals surface area contributed by atoms with Crippen LogP contribution in [0.25, 0.3) is 0 Å². The van der Waals surface area contributed by atoms with Gasteiger partial charge < -0.3 is 14.7 Å². The van der Waals surface area contributed by atoms with Crippen molar-refractivity contribution in [3.63, 3.8) is 0 Å². The standard InChI is InChI=1S/C14H17NO6S/c16-13(17)12-8-15(6-7-22(19,20)10-12)14(18)21-9-11-4-2-1-3-5-11/h1-5,12H,6-10H2,(H,16,17). The minimum atomic E-state index is -3.48. The van der Waals surface area contributed by atoms with Gasteiger partial charge in [0.1, 0.15) is 6.61 Å². The lowest BCUT2D eigenvalue weighted by molar-refractivity contribution is -0.141. The second-order valence-corrected chi connectivity index (χ2v) is 7.36. The maximum Gasteiger partial charge on any atom is 0.410 e. The van der Waals surface area contributed by atoms with Crippen molar-refractivity contribution in [1.82, 2.24) is 4.90 Å². The SMILES string of the molecule is O=C(O)C1CN(C(=O)OCc2ccccc2)CCS(=O)(=O)C1. The smallest absolute Gasteiger partial charge is 0.410 e. The molecule has 120 valence electrons. The van der Waals surface area contributed by atoms with Crippen molar-refractivity contribution in [1.29, 1.82) is 0 Å². The summed E-state index contributed by atoms with van der Waals surface area (Å²) < 4.78 is 28.5. The van der Waals surface area contributed by atoms with Gasteiger partial charge in [-0.15, -0.1) is 0 Å². The van der Waals surface area contributed by atoms with E-state index in [1.807, 2.05) is 18.2 Å². The average Bonchev–Trinajstić information content (AvgIpc) is 2.64. The van der Waals surface area contributed by atoms with Gasteiger partial charge >= 0.3 is 12.1 Å².